The van der Waals surface area contributed by atoms with E-state index in [0.29, 0.717) is 0 Å². The standard InChI is InChI=1S/C7H5BrN2O3S/c1-4-6(10-9)3-2-5(8)7(4)14(11,12)13/h2-3H,1H3/p+1. The van der Waals surface area contributed by atoms with Crippen molar-refractivity contribution in [2.45, 2.75) is 11.8 Å². The van der Waals surface area contributed by atoms with Crippen molar-refractivity contribution in [1.82, 2.24) is 0 Å². The number of nitrogens with zero attached hydrogens (tertiary/aromatic N) is 2. The van der Waals surface area contributed by atoms with E-state index >= 15 is 0 Å². The normalized spacial score (nSPS) is 11.0. The topological polar surface area (TPSA) is 82.5 Å². The molecule has 14 heavy (non-hydrogen) atoms. The molecule has 0 unspecified atom stereocenters. The summed E-state index contributed by atoms with van der Waals surface area (Å²) in [6, 6.07) is 2.80. The van der Waals surface area contributed by atoms with Crippen LogP contribution in [0.2, 0.25) is 0 Å². The molecule has 74 valence electrons. The Balaban J connectivity index is 3.68. The van der Waals surface area contributed by atoms with Gasteiger partial charge in [0, 0.05) is 10.5 Å². The lowest BCUT2D eigenvalue weighted by atomic mass is 10.2. The van der Waals surface area contributed by atoms with Crippen LogP contribution in [-0.4, -0.2) is 13.0 Å². The summed E-state index contributed by atoms with van der Waals surface area (Å²) in [4.78, 5) is 2.60. The van der Waals surface area contributed by atoms with Gasteiger partial charge in [-0.2, -0.15) is 8.42 Å². The molecule has 0 spiro atoms. The van der Waals surface area contributed by atoms with Crippen LogP contribution in [-0.2, 0) is 10.1 Å². The largest absolute Gasteiger partial charge is 0.389 e. The van der Waals surface area contributed by atoms with Crippen LogP contribution in [0.3, 0.4) is 0 Å². The molecule has 0 saturated heterocycles. The smallest absolute Gasteiger partial charge is 0.282 e. The van der Waals surface area contributed by atoms with Crippen LogP contribution in [0.4, 0.5) is 5.69 Å². The van der Waals surface area contributed by atoms with Crippen molar-refractivity contribution in [3.05, 3.63) is 27.1 Å². The second-order valence-corrected chi connectivity index (χ2v) is 4.81. The predicted molar refractivity (Wildman–Crippen MR) is 53.4 cm³/mol. The number of benzene rings is 1. The summed E-state index contributed by atoms with van der Waals surface area (Å²) in [5, 5.41) is 8.53. The molecule has 0 aromatic heterocycles. The molecule has 7 heteroatoms. The number of diazo groups is 1. The van der Waals surface area contributed by atoms with Gasteiger partial charge in [-0.15, -0.1) is 0 Å². The molecule has 0 radical (unpaired) electrons. The summed E-state index contributed by atoms with van der Waals surface area (Å²) in [5.41, 5.74) is 0.283. The molecular formula is C7H6BrN2O3S+. The van der Waals surface area contributed by atoms with Crippen molar-refractivity contribution in [3.63, 3.8) is 0 Å². The summed E-state index contributed by atoms with van der Waals surface area (Å²) < 4.78 is 31.0. The molecule has 0 aliphatic heterocycles. The van der Waals surface area contributed by atoms with Gasteiger partial charge in [-0.05, 0) is 28.9 Å². The number of hydrogen-bond acceptors (Lipinski definition) is 3. The molecule has 1 rings (SSSR count). The van der Waals surface area contributed by atoms with Gasteiger partial charge < -0.3 is 0 Å². The van der Waals surface area contributed by atoms with Crippen LogP contribution < -0.4 is 0 Å². The van der Waals surface area contributed by atoms with Crippen LogP contribution in [0.25, 0.3) is 4.98 Å². The Labute approximate surface area is 89.3 Å². The van der Waals surface area contributed by atoms with Crippen LogP contribution in [0.1, 0.15) is 5.56 Å². The number of rotatable bonds is 1. The fourth-order valence-electron chi connectivity index (χ4n) is 1.07. The highest BCUT2D eigenvalue weighted by atomic mass is 79.9. The SMILES string of the molecule is Cc1c([N+]#N)ccc(Br)c1S(=O)(=O)O. The molecule has 0 aliphatic carbocycles. The van der Waals surface area contributed by atoms with E-state index in [1.165, 1.54) is 19.1 Å². The molecule has 0 amide bonds. The maximum absolute atomic E-state index is 10.9. The Morgan fingerprint density at radius 2 is 2.07 bits per heavy atom. The maximum atomic E-state index is 10.9. The van der Waals surface area contributed by atoms with Gasteiger partial charge in [0.1, 0.15) is 4.90 Å². The molecule has 0 saturated carbocycles. The minimum atomic E-state index is -4.31. The van der Waals surface area contributed by atoms with Crippen LogP contribution in [0, 0.1) is 12.3 Å². The lowest BCUT2D eigenvalue weighted by molar-refractivity contribution is 0.482. The summed E-state index contributed by atoms with van der Waals surface area (Å²) in [7, 11) is -4.31. The monoisotopic (exact) mass is 277 g/mol. The number of hydrogen-bond donors (Lipinski definition) is 1. The quantitative estimate of drug-likeness (QED) is 0.632. The Hall–Kier alpha value is -0.970. The molecular weight excluding hydrogens is 272 g/mol. The van der Waals surface area contributed by atoms with E-state index in [9.17, 15) is 8.42 Å². The molecule has 0 fully saturated rings. The van der Waals surface area contributed by atoms with E-state index in [2.05, 4.69) is 20.9 Å². The van der Waals surface area contributed by atoms with Crippen molar-refractivity contribution >= 4 is 31.7 Å². The van der Waals surface area contributed by atoms with E-state index in [0.717, 1.165) is 0 Å². The maximum Gasteiger partial charge on any atom is 0.389 e. The van der Waals surface area contributed by atoms with E-state index < -0.39 is 10.1 Å². The van der Waals surface area contributed by atoms with Gasteiger partial charge in [0.15, 0.2) is 4.98 Å². The van der Waals surface area contributed by atoms with Crippen molar-refractivity contribution in [3.8, 4) is 0 Å². The van der Waals surface area contributed by atoms with Gasteiger partial charge >= 0.3 is 5.69 Å². The van der Waals surface area contributed by atoms with Gasteiger partial charge in [-0.3, -0.25) is 4.55 Å². The zero-order valence-corrected chi connectivity index (χ0v) is 9.50. The van der Waals surface area contributed by atoms with Gasteiger partial charge in [0.2, 0.25) is 5.39 Å². The number of halogens is 1. The van der Waals surface area contributed by atoms with Crippen LogP contribution in [0.15, 0.2) is 21.5 Å². The Kier molecular flexibility index (Phi) is 2.89. The minimum absolute atomic E-state index is 0.0980. The predicted octanol–water partition coefficient (Wildman–Crippen LogP) is 2.49. The second-order valence-electron chi connectivity index (χ2n) is 2.60. The zero-order valence-electron chi connectivity index (χ0n) is 7.10. The fourth-order valence-corrected chi connectivity index (χ4v) is 2.92. The van der Waals surface area contributed by atoms with E-state index in [-0.39, 0.29) is 20.6 Å². The van der Waals surface area contributed by atoms with Gasteiger partial charge in [-0.1, -0.05) is 0 Å². The van der Waals surface area contributed by atoms with Gasteiger partial charge in [-0.25, -0.2) is 0 Å². The first-order valence-corrected chi connectivity index (χ1v) is 5.73. The highest BCUT2D eigenvalue weighted by Crippen LogP contribution is 2.31. The summed E-state index contributed by atoms with van der Waals surface area (Å²) in [6.45, 7) is 1.43. The molecule has 0 atom stereocenters. The molecule has 5 nitrogen and oxygen atoms in total. The highest BCUT2D eigenvalue weighted by Gasteiger charge is 2.24. The molecule has 0 bridgehead atoms. The Morgan fingerprint density at radius 1 is 1.50 bits per heavy atom. The van der Waals surface area contributed by atoms with Crippen LogP contribution in [0.5, 0.6) is 0 Å². The first-order chi connectivity index (χ1) is 6.38. The van der Waals surface area contributed by atoms with E-state index in [1.54, 1.807) is 0 Å². The van der Waals surface area contributed by atoms with Crippen molar-refractivity contribution in [2.75, 3.05) is 0 Å². The first-order valence-electron chi connectivity index (χ1n) is 3.49. The van der Waals surface area contributed by atoms with Gasteiger partial charge in [0.25, 0.3) is 10.1 Å². The third-order valence-corrected chi connectivity index (χ3v) is 3.66. The van der Waals surface area contributed by atoms with E-state index in [4.69, 9.17) is 9.95 Å². The lowest BCUT2D eigenvalue weighted by Crippen LogP contribution is -2.02. The Morgan fingerprint density at radius 3 is 2.50 bits per heavy atom. The highest BCUT2D eigenvalue weighted by molar-refractivity contribution is 9.10. The minimum Gasteiger partial charge on any atom is -0.282 e. The first kappa shape index (κ1) is 11.1. The molecule has 0 heterocycles. The Bertz CT molecular complexity index is 518. The summed E-state index contributed by atoms with van der Waals surface area (Å²) in [6.07, 6.45) is 0. The third kappa shape index (κ3) is 1.92. The fraction of sp³-hybridized carbons (Fsp3) is 0.143. The molecule has 0 aliphatic rings. The van der Waals surface area contributed by atoms with E-state index in [1.807, 2.05) is 0 Å². The summed E-state index contributed by atoms with van der Waals surface area (Å²) >= 11 is 2.98. The molecule has 1 aromatic rings. The average Bonchev–Trinajstić information content (AvgIpc) is 2.02. The van der Waals surface area contributed by atoms with Crippen molar-refractivity contribution in [2.24, 2.45) is 0 Å². The molecule has 1 N–H and O–H groups in total. The average molecular weight is 278 g/mol. The van der Waals surface area contributed by atoms with Gasteiger partial charge in [0.05, 0.1) is 5.56 Å². The third-order valence-electron chi connectivity index (χ3n) is 1.69. The van der Waals surface area contributed by atoms with Crippen molar-refractivity contribution in [1.29, 1.82) is 5.39 Å². The zero-order chi connectivity index (χ0) is 10.9. The summed E-state index contributed by atoms with van der Waals surface area (Å²) in [5.74, 6) is 0. The molecule has 1 aromatic carbocycles. The van der Waals surface area contributed by atoms with Crippen molar-refractivity contribution < 1.29 is 13.0 Å². The lowest BCUT2D eigenvalue weighted by Gasteiger charge is -2.01. The van der Waals surface area contributed by atoms with Crippen LogP contribution >= 0.6 is 15.9 Å². The second kappa shape index (κ2) is 3.65.